The number of fused-ring (bicyclic) bond motifs is 1. The van der Waals surface area contributed by atoms with E-state index in [1.807, 2.05) is 43.3 Å². The highest BCUT2D eigenvalue weighted by molar-refractivity contribution is 5.74. The van der Waals surface area contributed by atoms with Crippen LogP contribution in [0.5, 0.6) is 5.88 Å². The van der Waals surface area contributed by atoms with Crippen LogP contribution in [0.4, 0.5) is 4.79 Å². The Morgan fingerprint density at radius 1 is 1.17 bits per heavy atom. The van der Waals surface area contributed by atoms with E-state index in [-0.39, 0.29) is 6.03 Å². The van der Waals surface area contributed by atoms with Crippen LogP contribution in [0, 0.1) is 0 Å². The van der Waals surface area contributed by atoms with E-state index in [4.69, 9.17) is 4.74 Å². The number of carbonyl (C=O) groups excluding carboxylic acids is 1. The largest absolute Gasteiger partial charge is 0.480 e. The lowest BCUT2D eigenvalue weighted by Crippen LogP contribution is -2.35. The molecule has 2 aromatic heterocycles. The SMILES string of the molecule is CCNC(=O)NCc1c(-c2ccccc2)nc2ccc(OC)nn12. The number of hydrogen-bond donors (Lipinski definition) is 2. The molecular formula is C17H19N5O2. The number of imidazole rings is 1. The third kappa shape index (κ3) is 3.15. The molecule has 0 saturated carbocycles. The molecular weight excluding hydrogens is 306 g/mol. The summed E-state index contributed by atoms with van der Waals surface area (Å²) in [6, 6.07) is 13.2. The molecule has 2 amide bonds. The van der Waals surface area contributed by atoms with Crippen LogP contribution in [0.1, 0.15) is 12.6 Å². The minimum atomic E-state index is -0.227. The molecule has 2 heterocycles. The molecule has 0 aliphatic heterocycles. The summed E-state index contributed by atoms with van der Waals surface area (Å²) in [6.07, 6.45) is 0. The van der Waals surface area contributed by atoms with E-state index in [9.17, 15) is 4.79 Å². The molecule has 3 rings (SSSR count). The van der Waals surface area contributed by atoms with Crippen molar-refractivity contribution in [2.45, 2.75) is 13.5 Å². The molecule has 24 heavy (non-hydrogen) atoms. The molecule has 0 unspecified atom stereocenters. The molecule has 2 N–H and O–H groups in total. The second-order valence-electron chi connectivity index (χ2n) is 5.13. The third-order valence-corrected chi connectivity index (χ3v) is 3.56. The first-order chi connectivity index (χ1) is 11.7. The van der Waals surface area contributed by atoms with Crippen LogP contribution in [-0.4, -0.2) is 34.3 Å². The van der Waals surface area contributed by atoms with E-state index in [1.54, 1.807) is 17.7 Å². The summed E-state index contributed by atoms with van der Waals surface area (Å²) in [5.41, 5.74) is 3.24. The van der Waals surface area contributed by atoms with Gasteiger partial charge in [-0.15, -0.1) is 5.10 Å². The molecule has 0 saturated heterocycles. The van der Waals surface area contributed by atoms with Gasteiger partial charge in [0.1, 0.15) is 0 Å². The quantitative estimate of drug-likeness (QED) is 0.754. The summed E-state index contributed by atoms with van der Waals surface area (Å²) in [6.45, 7) is 2.74. The van der Waals surface area contributed by atoms with E-state index < -0.39 is 0 Å². The smallest absolute Gasteiger partial charge is 0.315 e. The fourth-order valence-electron chi connectivity index (χ4n) is 2.44. The zero-order chi connectivity index (χ0) is 16.9. The summed E-state index contributed by atoms with van der Waals surface area (Å²) < 4.78 is 6.90. The van der Waals surface area contributed by atoms with E-state index in [2.05, 4.69) is 20.7 Å². The monoisotopic (exact) mass is 325 g/mol. The standard InChI is InChI=1S/C17H19N5O2/c1-3-18-17(23)19-11-13-16(12-7-5-4-6-8-12)20-14-9-10-15(24-2)21-22(13)14/h4-10H,3,11H2,1-2H3,(H2,18,19,23). The molecule has 0 spiro atoms. The lowest BCUT2D eigenvalue weighted by molar-refractivity contribution is 0.241. The predicted molar refractivity (Wildman–Crippen MR) is 90.9 cm³/mol. The Kier molecular flexibility index (Phi) is 4.60. The van der Waals surface area contributed by atoms with Gasteiger partial charge in [0.25, 0.3) is 0 Å². The molecule has 0 aliphatic carbocycles. The fraction of sp³-hybridized carbons (Fsp3) is 0.235. The maximum Gasteiger partial charge on any atom is 0.315 e. The van der Waals surface area contributed by atoms with Gasteiger partial charge in [-0.25, -0.2) is 14.3 Å². The Morgan fingerprint density at radius 2 is 1.96 bits per heavy atom. The van der Waals surface area contributed by atoms with Gasteiger partial charge in [0.2, 0.25) is 5.88 Å². The lowest BCUT2D eigenvalue weighted by Gasteiger charge is -2.08. The first-order valence-electron chi connectivity index (χ1n) is 7.72. The molecule has 0 bridgehead atoms. The van der Waals surface area contributed by atoms with Crippen LogP contribution < -0.4 is 15.4 Å². The summed E-state index contributed by atoms with van der Waals surface area (Å²) in [5, 5.41) is 9.97. The topological polar surface area (TPSA) is 80.5 Å². The molecule has 7 nitrogen and oxygen atoms in total. The van der Waals surface area contributed by atoms with Crippen molar-refractivity contribution in [1.29, 1.82) is 0 Å². The van der Waals surface area contributed by atoms with Gasteiger partial charge in [0.05, 0.1) is 25.0 Å². The number of amides is 2. The van der Waals surface area contributed by atoms with E-state index in [1.165, 1.54) is 0 Å². The van der Waals surface area contributed by atoms with Crippen LogP contribution >= 0.6 is 0 Å². The zero-order valence-corrected chi connectivity index (χ0v) is 13.6. The average molecular weight is 325 g/mol. The van der Waals surface area contributed by atoms with Crippen LogP contribution in [0.15, 0.2) is 42.5 Å². The van der Waals surface area contributed by atoms with Gasteiger partial charge in [0, 0.05) is 18.2 Å². The first kappa shape index (κ1) is 15.8. The Bertz CT molecular complexity index is 845. The van der Waals surface area contributed by atoms with Crippen molar-refractivity contribution < 1.29 is 9.53 Å². The van der Waals surface area contributed by atoms with Gasteiger partial charge in [-0.3, -0.25) is 0 Å². The predicted octanol–water partition coefficient (Wildman–Crippen LogP) is 2.22. The van der Waals surface area contributed by atoms with Crippen molar-refractivity contribution >= 4 is 11.7 Å². The van der Waals surface area contributed by atoms with Gasteiger partial charge in [0.15, 0.2) is 5.65 Å². The number of urea groups is 1. The number of hydrogen-bond acceptors (Lipinski definition) is 4. The maximum atomic E-state index is 11.7. The van der Waals surface area contributed by atoms with Crippen molar-refractivity contribution in [2.75, 3.05) is 13.7 Å². The minimum Gasteiger partial charge on any atom is -0.480 e. The number of ether oxygens (including phenoxy) is 1. The zero-order valence-electron chi connectivity index (χ0n) is 13.6. The van der Waals surface area contributed by atoms with Gasteiger partial charge in [-0.1, -0.05) is 30.3 Å². The van der Waals surface area contributed by atoms with E-state index >= 15 is 0 Å². The number of carbonyl (C=O) groups is 1. The summed E-state index contributed by atoms with van der Waals surface area (Å²) in [5.74, 6) is 0.485. The van der Waals surface area contributed by atoms with Crippen molar-refractivity contribution in [3.8, 4) is 17.1 Å². The molecule has 0 atom stereocenters. The summed E-state index contributed by atoms with van der Waals surface area (Å²) >= 11 is 0. The highest BCUT2D eigenvalue weighted by atomic mass is 16.5. The molecule has 7 heteroatoms. The highest BCUT2D eigenvalue weighted by Crippen LogP contribution is 2.24. The average Bonchev–Trinajstić information content (AvgIpc) is 2.98. The van der Waals surface area contributed by atoms with Crippen LogP contribution in [0.25, 0.3) is 16.9 Å². The molecule has 124 valence electrons. The Hall–Kier alpha value is -3.09. The Balaban J connectivity index is 2.05. The van der Waals surface area contributed by atoms with Crippen LogP contribution in [0.2, 0.25) is 0 Å². The van der Waals surface area contributed by atoms with E-state index in [0.29, 0.717) is 24.6 Å². The summed E-state index contributed by atoms with van der Waals surface area (Å²) in [7, 11) is 1.57. The van der Waals surface area contributed by atoms with Crippen molar-refractivity contribution in [3.63, 3.8) is 0 Å². The Labute approximate surface area is 139 Å². The number of aromatic nitrogens is 3. The summed E-state index contributed by atoms with van der Waals surface area (Å²) in [4.78, 5) is 16.4. The van der Waals surface area contributed by atoms with E-state index in [0.717, 1.165) is 17.0 Å². The lowest BCUT2D eigenvalue weighted by atomic mass is 10.1. The number of nitrogens with one attached hydrogen (secondary N) is 2. The first-order valence-corrected chi connectivity index (χ1v) is 7.72. The molecule has 1 aromatic carbocycles. The number of rotatable bonds is 5. The second kappa shape index (κ2) is 6.99. The second-order valence-corrected chi connectivity index (χ2v) is 5.13. The fourth-order valence-corrected chi connectivity index (χ4v) is 2.44. The van der Waals surface area contributed by atoms with Gasteiger partial charge >= 0.3 is 6.03 Å². The van der Waals surface area contributed by atoms with Gasteiger partial charge in [-0.05, 0) is 13.0 Å². The third-order valence-electron chi connectivity index (χ3n) is 3.56. The highest BCUT2D eigenvalue weighted by Gasteiger charge is 2.16. The normalized spacial score (nSPS) is 10.6. The van der Waals surface area contributed by atoms with Gasteiger partial charge in [-0.2, -0.15) is 0 Å². The molecule has 3 aromatic rings. The van der Waals surface area contributed by atoms with Crippen molar-refractivity contribution in [2.24, 2.45) is 0 Å². The number of nitrogens with zero attached hydrogens (tertiary/aromatic N) is 3. The molecule has 0 fully saturated rings. The number of benzene rings is 1. The number of methoxy groups -OCH3 is 1. The van der Waals surface area contributed by atoms with Gasteiger partial charge < -0.3 is 15.4 Å². The molecule has 0 aliphatic rings. The molecule has 0 radical (unpaired) electrons. The van der Waals surface area contributed by atoms with Crippen LogP contribution in [-0.2, 0) is 6.54 Å². The Morgan fingerprint density at radius 3 is 2.67 bits per heavy atom. The van der Waals surface area contributed by atoms with Crippen LogP contribution in [0.3, 0.4) is 0 Å². The maximum absolute atomic E-state index is 11.7. The van der Waals surface area contributed by atoms with Crippen molar-refractivity contribution in [1.82, 2.24) is 25.2 Å². The van der Waals surface area contributed by atoms with Crippen molar-refractivity contribution in [3.05, 3.63) is 48.2 Å². The minimum absolute atomic E-state index is 0.227.